The van der Waals surface area contributed by atoms with Crippen molar-refractivity contribution in [3.8, 4) is 0 Å². The summed E-state index contributed by atoms with van der Waals surface area (Å²) in [5.74, 6) is 0. The van der Waals surface area contributed by atoms with Gasteiger partial charge in [0, 0.05) is 23.9 Å². The van der Waals surface area contributed by atoms with Crippen LogP contribution in [0.1, 0.15) is 27.2 Å². The van der Waals surface area contributed by atoms with Crippen LogP contribution < -0.4 is 0 Å². The van der Waals surface area contributed by atoms with Crippen molar-refractivity contribution in [3.63, 3.8) is 0 Å². The highest BCUT2D eigenvalue weighted by Gasteiger charge is 2.37. The first kappa shape index (κ1) is 15.3. The zero-order chi connectivity index (χ0) is 14.5. The van der Waals surface area contributed by atoms with E-state index in [2.05, 4.69) is 64.1 Å². The van der Waals surface area contributed by atoms with E-state index in [0.29, 0.717) is 0 Å². The van der Waals surface area contributed by atoms with Gasteiger partial charge in [0.05, 0.1) is 0 Å². The lowest BCUT2D eigenvalue weighted by atomic mass is 9.82. The van der Waals surface area contributed by atoms with E-state index in [9.17, 15) is 0 Å². The molecular weight excluding hydrogens is 230 g/mol. The fourth-order valence-corrected chi connectivity index (χ4v) is 2.52. The second-order valence-corrected chi connectivity index (χ2v) is 5.17. The SMILES string of the molecule is C=C/C=C/C=C1/N(C)C(/C=C\CC)=C(C=C)C1(C)C. The Morgan fingerprint density at radius 2 is 1.89 bits per heavy atom. The van der Waals surface area contributed by atoms with Gasteiger partial charge < -0.3 is 4.90 Å². The summed E-state index contributed by atoms with van der Waals surface area (Å²) < 4.78 is 0. The predicted molar refractivity (Wildman–Crippen MR) is 85.6 cm³/mol. The van der Waals surface area contributed by atoms with E-state index in [1.54, 1.807) is 6.08 Å². The summed E-state index contributed by atoms with van der Waals surface area (Å²) in [5.41, 5.74) is 3.77. The minimum atomic E-state index is -0.0184. The maximum absolute atomic E-state index is 3.98. The van der Waals surface area contributed by atoms with Crippen molar-refractivity contribution in [2.24, 2.45) is 5.41 Å². The highest BCUT2D eigenvalue weighted by atomic mass is 15.2. The molecule has 19 heavy (non-hydrogen) atoms. The monoisotopic (exact) mass is 255 g/mol. The molecule has 0 bridgehead atoms. The summed E-state index contributed by atoms with van der Waals surface area (Å²) in [4.78, 5) is 2.25. The maximum Gasteiger partial charge on any atom is 0.0444 e. The van der Waals surface area contributed by atoms with Crippen molar-refractivity contribution in [1.82, 2.24) is 4.90 Å². The molecule has 1 heteroatoms. The van der Waals surface area contributed by atoms with Gasteiger partial charge in [0.2, 0.25) is 0 Å². The van der Waals surface area contributed by atoms with E-state index >= 15 is 0 Å². The molecular formula is C18H25N. The lowest BCUT2D eigenvalue weighted by molar-refractivity contribution is 0.447. The second-order valence-electron chi connectivity index (χ2n) is 5.17. The normalized spacial score (nSPS) is 21.1. The van der Waals surface area contributed by atoms with Crippen LogP contribution in [0, 0.1) is 5.41 Å². The smallest absolute Gasteiger partial charge is 0.0444 e. The fraction of sp³-hybridized carbons (Fsp3) is 0.333. The van der Waals surface area contributed by atoms with Gasteiger partial charge in [0.1, 0.15) is 0 Å². The van der Waals surface area contributed by atoms with E-state index in [0.717, 1.165) is 6.42 Å². The molecule has 0 radical (unpaired) electrons. The Kier molecular flexibility index (Phi) is 5.17. The van der Waals surface area contributed by atoms with Gasteiger partial charge in [-0.2, -0.15) is 0 Å². The molecule has 1 aliphatic rings. The summed E-state index contributed by atoms with van der Waals surface area (Å²) in [6, 6.07) is 0. The Morgan fingerprint density at radius 3 is 2.42 bits per heavy atom. The van der Waals surface area contributed by atoms with Crippen molar-refractivity contribution in [3.05, 3.63) is 72.7 Å². The molecule has 0 amide bonds. The lowest BCUT2D eigenvalue weighted by Crippen LogP contribution is -2.19. The Labute approximate surface area is 118 Å². The van der Waals surface area contributed by atoms with E-state index < -0.39 is 0 Å². The number of allylic oxidation sites excluding steroid dienone is 8. The molecule has 0 saturated carbocycles. The van der Waals surface area contributed by atoms with E-state index in [1.807, 2.05) is 18.2 Å². The zero-order valence-corrected chi connectivity index (χ0v) is 12.6. The van der Waals surface area contributed by atoms with Gasteiger partial charge in [0.25, 0.3) is 0 Å². The van der Waals surface area contributed by atoms with Gasteiger partial charge in [-0.25, -0.2) is 0 Å². The zero-order valence-electron chi connectivity index (χ0n) is 12.6. The third kappa shape index (κ3) is 2.98. The number of hydrogen-bond acceptors (Lipinski definition) is 1. The molecule has 0 N–H and O–H groups in total. The molecule has 0 unspecified atom stereocenters. The molecule has 0 aromatic carbocycles. The first-order chi connectivity index (χ1) is 9.00. The fourth-order valence-electron chi connectivity index (χ4n) is 2.52. The Hall–Kier alpha value is -1.76. The van der Waals surface area contributed by atoms with Crippen molar-refractivity contribution >= 4 is 0 Å². The average Bonchev–Trinajstić information content (AvgIpc) is 2.55. The van der Waals surface area contributed by atoms with Crippen LogP contribution in [-0.2, 0) is 0 Å². The molecule has 0 aromatic rings. The van der Waals surface area contributed by atoms with Crippen molar-refractivity contribution in [2.75, 3.05) is 7.05 Å². The van der Waals surface area contributed by atoms with Crippen LogP contribution in [0.2, 0.25) is 0 Å². The number of hydrogen-bond donors (Lipinski definition) is 0. The molecule has 0 aromatic heterocycles. The highest BCUT2D eigenvalue weighted by Crippen LogP contribution is 2.46. The lowest BCUT2D eigenvalue weighted by Gasteiger charge is -2.25. The van der Waals surface area contributed by atoms with Crippen LogP contribution in [0.25, 0.3) is 0 Å². The summed E-state index contributed by atoms with van der Waals surface area (Å²) in [6.07, 6.45) is 15.3. The number of rotatable bonds is 5. The Bertz CT molecular complexity index is 470. The van der Waals surface area contributed by atoms with Crippen LogP contribution in [0.4, 0.5) is 0 Å². The summed E-state index contributed by atoms with van der Waals surface area (Å²) in [6.45, 7) is 14.3. The Balaban J connectivity index is 3.28. The third-order valence-electron chi connectivity index (χ3n) is 3.53. The summed E-state index contributed by atoms with van der Waals surface area (Å²) in [7, 11) is 2.11. The van der Waals surface area contributed by atoms with Crippen LogP contribution in [0.5, 0.6) is 0 Å². The molecule has 0 atom stereocenters. The molecule has 1 aliphatic heterocycles. The molecule has 1 rings (SSSR count). The number of nitrogens with zero attached hydrogens (tertiary/aromatic N) is 1. The third-order valence-corrected chi connectivity index (χ3v) is 3.53. The van der Waals surface area contributed by atoms with E-state index in [-0.39, 0.29) is 5.41 Å². The predicted octanol–water partition coefficient (Wildman–Crippen LogP) is 4.99. The van der Waals surface area contributed by atoms with Crippen molar-refractivity contribution < 1.29 is 0 Å². The first-order valence-electron chi connectivity index (χ1n) is 6.78. The molecule has 0 aliphatic carbocycles. The van der Waals surface area contributed by atoms with Gasteiger partial charge in [-0.15, -0.1) is 0 Å². The van der Waals surface area contributed by atoms with Crippen LogP contribution in [0.15, 0.2) is 72.7 Å². The molecule has 0 spiro atoms. The van der Waals surface area contributed by atoms with Gasteiger partial charge in [0.15, 0.2) is 0 Å². The van der Waals surface area contributed by atoms with Gasteiger partial charge in [-0.1, -0.05) is 64.3 Å². The topological polar surface area (TPSA) is 3.24 Å². The largest absolute Gasteiger partial charge is 0.347 e. The molecule has 0 fully saturated rings. The molecule has 0 saturated heterocycles. The Morgan fingerprint density at radius 1 is 1.21 bits per heavy atom. The average molecular weight is 255 g/mol. The van der Waals surface area contributed by atoms with Crippen LogP contribution in [0.3, 0.4) is 0 Å². The van der Waals surface area contributed by atoms with Crippen molar-refractivity contribution in [1.29, 1.82) is 0 Å². The van der Waals surface area contributed by atoms with Crippen molar-refractivity contribution in [2.45, 2.75) is 27.2 Å². The van der Waals surface area contributed by atoms with E-state index in [4.69, 9.17) is 0 Å². The van der Waals surface area contributed by atoms with Crippen LogP contribution >= 0.6 is 0 Å². The number of likely N-dealkylation sites (N-methyl/N-ethyl adjacent to an activating group) is 1. The maximum atomic E-state index is 3.98. The molecule has 102 valence electrons. The summed E-state index contributed by atoms with van der Waals surface area (Å²) in [5, 5.41) is 0. The standard InChI is InChI=1S/C18H25N/c1-7-10-12-14-17-18(4,5)15(9-3)16(19(17)6)13-11-8-2/h7,9-14H,1,3,8H2,2,4-6H3/b12-10+,13-11-,17-14+. The second kappa shape index (κ2) is 6.42. The van der Waals surface area contributed by atoms with Crippen LogP contribution in [-0.4, -0.2) is 11.9 Å². The van der Waals surface area contributed by atoms with E-state index in [1.165, 1.54) is 17.0 Å². The van der Waals surface area contributed by atoms with Gasteiger partial charge in [-0.05, 0) is 24.1 Å². The molecule has 1 nitrogen and oxygen atoms in total. The first-order valence-corrected chi connectivity index (χ1v) is 6.78. The van der Waals surface area contributed by atoms with Gasteiger partial charge in [-0.3, -0.25) is 0 Å². The highest BCUT2D eigenvalue weighted by molar-refractivity contribution is 5.49. The molecule has 1 heterocycles. The minimum absolute atomic E-state index is 0.0184. The quantitative estimate of drug-likeness (QED) is 0.625. The van der Waals surface area contributed by atoms with Gasteiger partial charge >= 0.3 is 0 Å². The minimum Gasteiger partial charge on any atom is -0.347 e. The summed E-state index contributed by atoms with van der Waals surface area (Å²) >= 11 is 0.